The molecule has 0 amide bonds. The first-order chi connectivity index (χ1) is 20.3. The third-order valence-electron chi connectivity index (χ3n) is 6.79. The number of carboxylic acids is 2. The van der Waals surface area contributed by atoms with E-state index in [1.54, 1.807) is 36.4 Å². The van der Waals surface area contributed by atoms with Gasteiger partial charge in [0, 0.05) is 22.8 Å². The molecule has 0 aliphatic heterocycles. The van der Waals surface area contributed by atoms with Crippen molar-refractivity contribution < 1.29 is 24.5 Å². The number of benzene rings is 3. The van der Waals surface area contributed by atoms with E-state index in [1.807, 2.05) is 30.3 Å². The Labute approximate surface area is 254 Å². The standard InChI is InChI=1S/C32H34ClN3O5S/c1-3-5-15-28-34-35-32(42-20-23-11-6-7-12-24(23)30(37)38)36(28)19-21-16-17-27(22(18-21)10-4-2)41-29(31(39)40)25-13-8-9-14-26(25)33/h6-9,11-14,16-18,29H,3-5,10,15,19-20H2,1-2H3,(H,37,38)(H,39,40). The highest BCUT2D eigenvalue weighted by Gasteiger charge is 2.25. The minimum absolute atomic E-state index is 0.276. The molecule has 0 aliphatic carbocycles. The largest absolute Gasteiger partial charge is 0.478 e. The maximum Gasteiger partial charge on any atom is 0.349 e. The first-order valence-electron chi connectivity index (χ1n) is 13.9. The predicted octanol–water partition coefficient (Wildman–Crippen LogP) is 7.47. The highest BCUT2D eigenvalue weighted by atomic mass is 35.5. The zero-order valence-electron chi connectivity index (χ0n) is 23.6. The lowest BCUT2D eigenvalue weighted by Crippen LogP contribution is -2.19. The number of thioether (sulfide) groups is 1. The van der Waals surface area contributed by atoms with Gasteiger partial charge in [-0.1, -0.05) is 98.6 Å². The van der Waals surface area contributed by atoms with E-state index in [0.717, 1.165) is 48.2 Å². The molecule has 3 aromatic carbocycles. The summed E-state index contributed by atoms with van der Waals surface area (Å²) in [6, 6.07) is 19.6. The number of unbranched alkanes of at least 4 members (excludes halogenated alkanes) is 1. The summed E-state index contributed by atoms with van der Waals surface area (Å²) in [5, 5.41) is 29.5. The van der Waals surface area contributed by atoms with Gasteiger partial charge in [0.15, 0.2) is 5.16 Å². The Morgan fingerprint density at radius 3 is 2.43 bits per heavy atom. The molecule has 10 heteroatoms. The number of carbonyl (C=O) groups is 2. The number of nitrogens with zero attached hydrogens (tertiary/aromatic N) is 3. The minimum atomic E-state index is -1.24. The second-order valence-electron chi connectivity index (χ2n) is 9.89. The maximum atomic E-state index is 12.2. The van der Waals surface area contributed by atoms with Gasteiger partial charge in [-0.2, -0.15) is 0 Å². The lowest BCUT2D eigenvalue weighted by atomic mass is 10.0. The summed E-state index contributed by atoms with van der Waals surface area (Å²) in [4.78, 5) is 23.8. The van der Waals surface area contributed by atoms with E-state index in [0.29, 0.717) is 40.2 Å². The first-order valence-corrected chi connectivity index (χ1v) is 15.3. The van der Waals surface area contributed by atoms with Gasteiger partial charge in [0.1, 0.15) is 11.6 Å². The molecule has 0 bridgehead atoms. The van der Waals surface area contributed by atoms with Crippen molar-refractivity contribution in [1.82, 2.24) is 14.8 Å². The number of aliphatic carboxylic acids is 1. The van der Waals surface area contributed by atoms with Gasteiger partial charge in [0.25, 0.3) is 0 Å². The van der Waals surface area contributed by atoms with Gasteiger partial charge in [-0.3, -0.25) is 0 Å². The summed E-state index contributed by atoms with van der Waals surface area (Å²) in [6.07, 6.45) is 3.08. The van der Waals surface area contributed by atoms with Crippen molar-refractivity contribution in [2.24, 2.45) is 0 Å². The highest BCUT2D eigenvalue weighted by molar-refractivity contribution is 7.98. The second-order valence-corrected chi connectivity index (χ2v) is 11.2. The Hall–Kier alpha value is -3.82. The third kappa shape index (κ3) is 7.72. The summed E-state index contributed by atoms with van der Waals surface area (Å²) in [5.74, 6) is -0.260. The van der Waals surface area contributed by atoms with Crippen LogP contribution in [0.5, 0.6) is 5.75 Å². The molecule has 1 aromatic heterocycles. The van der Waals surface area contributed by atoms with Gasteiger partial charge >= 0.3 is 11.9 Å². The van der Waals surface area contributed by atoms with Crippen molar-refractivity contribution >= 4 is 35.3 Å². The van der Waals surface area contributed by atoms with Gasteiger partial charge in [-0.25, -0.2) is 9.59 Å². The molecule has 0 radical (unpaired) electrons. The van der Waals surface area contributed by atoms with Crippen LogP contribution in [0.15, 0.2) is 71.9 Å². The summed E-state index contributed by atoms with van der Waals surface area (Å²) in [7, 11) is 0. The van der Waals surface area contributed by atoms with E-state index in [4.69, 9.17) is 16.3 Å². The van der Waals surface area contributed by atoms with Crippen LogP contribution in [-0.4, -0.2) is 36.9 Å². The van der Waals surface area contributed by atoms with Crippen molar-refractivity contribution in [3.05, 3.63) is 105 Å². The fourth-order valence-electron chi connectivity index (χ4n) is 4.66. The van der Waals surface area contributed by atoms with Crippen LogP contribution < -0.4 is 4.74 Å². The van der Waals surface area contributed by atoms with E-state index >= 15 is 0 Å². The Morgan fingerprint density at radius 1 is 0.952 bits per heavy atom. The quantitative estimate of drug-likeness (QED) is 0.134. The van der Waals surface area contributed by atoms with Crippen molar-refractivity contribution in [3.63, 3.8) is 0 Å². The molecule has 4 rings (SSSR count). The molecule has 0 saturated heterocycles. The van der Waals surface area contributed by atoms with Crippen LogP contribution in [0.1, 0.15) is 77.7 Å². The van der Waals surface area contributed by atoms with Crippen LogP contribution in [0.2, 0.25) is 5.02 Å². The molecule has 0 fully saturated rings. The molecular formula is C32H34ClN3O5S. The highest BCUT2D eigenvalue weighted by Crippen LogP contribution is 2.32. The Kier molecular flexibility index (Phi) is 11.0. The smallest absolute Gasteiger partial charge is 0.349 e. The van der Waals surface area contributed by atoms with E-state index in [2.05, 4.69) is 28.6 Å². The molecule has 8 nitrogen and oxygen atoms in total. The van der Waals surface area contributed by atoms with Gasteiger partial charge in [0.05, 0.1) is 12.1 Å². The lowest BCUT2D eigenvalue weighted by molar-refractivity contribution is -0.145. The van der Waals surface area contributed by atoms with Crippen molar-refractivity contribution in [3.8, 4) is 5.75 Å². The van der Waals surface area contributed by atoms with Crippen molar-refractivity contribution in [1.29, 1.82) is 0 Å². The molecule has 0 spiro atoms. The summed E-state index contributed by atoms with van der Waals surface area (Å²) in [5.41, 5.74) is 3.30. The molecule has 2 N–H and O–H groups in total. The number of carboxylic acid groups (broad SMARTS) is 2. The summed E-state index contributed by atoms with van der Waals surface area (Å²) in [6.45, 7) is 4.70. The molecular weight excluding hydrogens is 574 g/mol. The molecule has 1 atom stereocenters. The van der Waals surface area contributed by atoms with E-state index in [9.17, 15) is 19.8 Å². The number of halogens is 1. The number of ether oxygens (including phenoxy) is 1. The molecule has 42 heavy (non-hydrogen) atoms. The van der Waals surface area contributed by atoms with Crippen molar-refractivity contribution in [2.75, 3.05) is 0 Å². The zero-order valence-corrected chi connectivity index (χ0v) is 25.2. The van der Waals surface area contributed by atoms with Crippen LogP contribution in [0.4, 0.5) is 0 Å². The summed E-state index contributed by atoms with van der Waals surface area (Å²) < 4.78 is 8.15. The van der Waals surface area contributed by atoms with Crippen LogP contribution in [0.25, 0.3) is 0 Å². The topological polar surface area (TPSA) is 115 Å². The second kappa shape index (κ2) is 14.9. The lowest BCUT2D eigenvalue weighted by Gasteiger charge is -2.20. The Morgan fingerprint density at radius 2 is 1.71 bits per heavy atom. The molecule has 0 saturated carbocycles. The third-order valence-corrected chi connectivity index (χ3v) is 8.15. The van der Waals surface area contributed by atoms with E-state index in [1.165, 1.54) is 11.8 Å². The summed E-state index contributed by atoms with van der Waals surface area (Å²) >= 11 is 7.76. The van der Waals surface area contributed by atoms with Crippen LogP contribution in [-0.2, 0) is 29.9 Å². The van der Waals surface area contributed by atoms with Crippen LogP contribution >= 0.6 is 23.4 Å². The van der Waals surface area contributed by atoms with Crippen LogP contribution in [0.3, 0.4) is 0 Å². The molecule has 220 valence electrons. The normalized spacial score (nSPS) is 11.8. The van der Waals surface area contributed by atoms with E-state index < -0.39 is 18.0 Å². The fraction of sp³-hybridized carbons (Fsp3) is 0.312. The number of hydrogen-bond acceptors (Lipinski definition) is 6. The van der Waals surface area contributed by atoms with Gasteiger partial charge < -0.3 is 19.5 Å². The van der Waals surface area contributed by atoms with Crippen molar-refractivity contribution in [2.45, 2.75) is 69.5 Å². The average molecular weight is 608 g/mol. The Bertz CT molecular complexity index is 1540. The average Bonchev–Trinajstić information content (AvgIpc) is 3.36. The fourth-order valence-corrected chi connectivity index (χ4v) is 5.85. The number of aryl methyl sites for hydroxylation is 2. The number of aromatic carboxylic acids is 1. The predicted molar refractivity (Wildman–Crippen MR) is 164 cm³/mol. The number of rotatable bonds is 15. The molecule has 4 aromatic rings. The molecule has 1 unspecified atom stereocenters. The van der Waals surface area contributed by atoms with Crippen LogP contribution in [0, 0.1) is 0 Å². The monoisotopic (exact) mass is 607 g/mol. The number of hydrogen-bond donors (Lipinski definition) is 2. The zero-order chi connectivity index (χ0) is 30.1. The maximum absolute atomic E-state index is 12.2. The minimum Gasteiger partial charge on any atom is -0.478 e. The van der Waals surface area contributed by atoms with Gasteiger partial charge in [0.2, 0.25) is 6.10 Å². The molecule has 1 heterocycles. The number of aromatic nitrogens is 3. The SMILES string of the molecule is CCCCc1nnc(SCc2ccccc2C(=O)O)n1Cc1ccc(OC(C(=O)O)c2ccccc2Cl)c(CCC)c1. The first kappa shape index (κ1) is 31.1. The van der Waals surface area contributed by atoms with E-state index in [-0.39, 0.29) is 5.56 Å². The Balaban J connectivity index is 1.62. The van der Waals surface area contributed by atoms with Gasteiger partial charge in [-0.15, -0.1) is 10.2 Å². The molecule has 0 aliphatic rings. The van der Waals surface area contributed by atoms with Gasteiger partial charge in [-0.05, 0) is 47.7 Å².